The van der Waals surface area contributed by atoms with E-state index in [2.05, 4.69) is 10.3 Å². The summed E-state index contributed by atoms with van der Waals surface area (Å²) in [5, 5.41) is 22.7. The predicted molar refractivity (Wildman–Crippen MR) is 142 cm³/mol. The summed E-state index contributed by atoms with van der Waals surface area (Å²) in [6.07, 6.45) is 0.809. The number of methoxy groups -OCH3 is 1. The number of para-hydroxylation sites is 1. The van der Waals surface area contributed by atoms with Gasteiger partial charge in [0.25, 0.3) is 0 Å². The van der Waals surface area contributed by atoms with E-state index in [1.165, 1.54) is 0 Å². The van der Waals surface area contributed by atoms with Crippen LogP contribution in [-0.2, 0) is 20.9 Å². The van der Waals surface area contributed by atoms with Crippen LogP contribution < -0.4 is 10.1 Å². The molecule has 0 amide bonds. The Bertz CT molecular complexity index is 1570. The molecular formula is C31H27N3O5. The number of allylic oxidation sites excluding steroid dienone is 3. The van der Waals surface area contributed by atoms with Crippen molar-refractivity contribution in [3.05, 3.63) is 112 Å². The second-order valence-corrected chi connectivity index (χ2v) is 9.56. The third-order valence-electron chi connectivity index (χ3n) is 7.10. The molecule has 0 saturated carbocycles. The second kappa shape index (κ2) is 10.8. The molecule has 2 N–H and O–H groups in total. The molecule has 0 radical (unpaired) electrons. The van der Waals surface area contributed by atoms with Crippen molar-refractivity contribution in [2.24, 2.45) is 0 Å². The first-order valence-corrected chi connectivity index (χ1v) is 12.6. The fraction of sp³-hybridized carbons (Fsp3) is 0.226. The number of nitrogens with zero attached hydrogens (tertiary/aromatic N) is 2. The zero-order valence-corrected chi connectivity index (χ0v) is 21.6. The molecule has 0 bridgehead atoms. The minimum Gasteiger partial charge on any atom is -0.508 e. The van der Waals surface area contributed by atoms with Gasteiger partial charge < -0.3 is 19.9 Å². The number of phenolic OH excluding ortho intramolecular Hbond substituents is 1. The van der Waals surface area contributed by atoms with Crippen molar-refractivity contribution in [2.45, 2.75) is 38.2 Å². The van der Waals surface area contributed by atoms with E-state index in [1.807, 2.05) is 30.3 Å². The number of esters is 1. The van der Waals surface area contributed by atoms with Crippen molar-refractivity contribution in [3.8, 4) is 17.6 Å². The number of benzene rings is 2. The molecule has 2 heterocycles. The van der Waals surface area contributed by atoms with Crippen LogP contribution in [0.3, 0.4) is 0 Å². The quantitative estimate of drug-likeness (QED) is 0.445. The fourth-order valence-corrected chi connectivity index (χ4v) is 5.41. The lowest BCUT2D eigenvalue weighted by Gasteiger charge is -2.37. The average molecular weight is 522 g/mol. The van der Waals surface area contributed by atoms with E-state index in [-0.39, 0.29) is 36.2 Å². The molecular weight excluding hydrogens is 494 g/mol. The van der Waals surface area contributed by atoms with Gasteiger partial charge in [0.05, 0.1) is 18.4 Å². The summed E-state index contributed by atoms with van der Waals surface area (Å²) < 4.78 is 11.2. The van der Waals surface area contributed by atoms with Crippen molar-refractivity contribution in [1.82, 2.24) is 10.3 Å². The number of aromatic hydroxyl groups is 1. The highest BCUT2D eigenvalue weighted by atomic mass is 16.5. The summed E-state index contributed by atoms with van der Waals surface area (Å²) in [5.74, 6) is -0.746. The van der Waals surface area contributed by atoms with Crippen LogP contribution in [0.4, 0.5) is 0 Å². The molecule has 196 valence electrons. The van der Waals surface area contributed by atoms with Crippen molar-refractivity contribution in [1.29, 1.82) is 5.26 Å². The van der Waals surface area contributed by atoms with Crippen LogP contribution >= 0.6 is 0 Å². The average Bonchev–Trinajstić information content (AvgIpc) is 2.95. The normalized spacial score (nSPS) is 18.6. The topological polar surface area (TPSA) is 122 Å². The van der Waals surface area contributed by atoms with E-state index >= 15 is 0 Å². The molecule has 3 aromatic rings. The van der Waals surface area contributed by atoms with E-state index < -0.39 is 11.9 Å². The molecule has 1 aromatic heterocycles. The van der Waals surface area contributed by atoms with E-state index in [0.29, 0.717) is 34.5 Å². The Balaban J connectivity index is 1.51. The number of rotatable bonds is 6. The minimum absolute atomic E-state index is 0.0335. The van der Waals surface area contributed by atoms with Crippen molar-refractivity contribution >= 4 is 11.8 Å². The van der Waals surface area contributed by atoms with Gasteiger partial charge in [-0.15, -0.1) is 0 Å². The molecule has 2 aliphatic rings. The van der Waals surface area contributed by atoms with Crippen LogP contribution in [0, 0.1) is 11.3 Å². The first kappa shape index (κ1) is 25.7. The highest BCUT2D eigenvalue weighted by Crippen LogP contribution is 2.47. The number of Topliss-reactive ketones (excluding diaryl/α,β-unsaturated/α-hetero) is 1. The summed E-state index contributed by atoms with van der Waals surface area (Å²) in [5.41, 5.74) is 4.33. The van der Waals surface area contributed by atoms with Crippen LogP contribution in [0.25, 0.3) is 0 Å². The number of dihydropyridines is 1. The highest BCUT2D eigenvalue weighted by Gasteiger charge is 2.42. The number of hydrogen-bond acceptors (Lipinski definition) is 8. The van der Waals surface area contributed by atoms with Gasteiger partial charge in [-0.25, -0.2) is 9.78 Å². The number of aromatic nitrogens is 1. The van der Waals surface area contributed by atoms with Gasteiger partial charge >= 0.3 is 5.97 Å². The highest BCUT2D eigenvalue weighted by molar-refractivity contribution is 6.04. The molecule has 1 aliphatic carbocycles. The number of ketones is 1. The Hall–Kier alpha value is -4.90. The van der Waals surface area contributed by atoms with Gasteiger partial charge in [-0.1, -0.05) is 36.4 Å². The van der Waals surface area contributed by atoms with E-state index in [1.54, 1.807) is 56.5 Å². The third kappa shape index (κ3) is 5.12. The molecule has 5 rings (SSSR count). The number of carbonyl (C=O) groups excluding carboxylic acids is 2. The summed E-state index contributed by atoms with van der Waals surface area (Å²) in [7, 11) is 1.61. The first-order valence-electron chi connectivity index (χ1n) is 12.6. The van der Waals surface area contributed by atoms with Gasteiger partial charge in [0.1, 0.15) is 29.9 Å². The van der Waals surface area contributed by atoms with Gasteiger partial charge in [0, 0.05) is 35.2 Å². The van der Waals surface area contributed by atoms with Gasteiger partial charge in [-0.3, -0.25) is 4.79 Å². The molecule has 8 nitrogen and oxygen atoms in total. The zero-order chi connectivity index (χ0) is 27.5. The number of ether oxygens (including phenoxy) is 2. The molecule has 0 spiro atoms. The van der Waals surface area contributed by atoms with Crippen LogP contribution in [0.2, 0.25) is 0 Å². The molecule has 0 fully saturated rings. The molecule has 2 atom stereocenters. The smallest absolute Gasteiger partial charge is 0.337 e. The van der Waals surface area contributed by atoms with E-state index in [9.17, 15) is 14.7 Å². The SMILES string of the molecule is COc1ccccc1C1CC(=O)C2=C(C1)NC(C)=C(C(=O)OCc1cccc(C#N)n1)C2c1cccc(O)c1. The summed E-state index contributed by atoms with van der Waals surface area (Å²) in [6.45, 7) is 1.65. The monoisotopic (exact) mass is 521 g/mol. The zero-order valence-electron chi connectivity index (χ0n) is 21.6. The van der Waals surface area contributed by atoms with Gasteiger partial charge in [0.15, 0.2) is 5.78 Å². The lowest BCUT2D eigenvalue weighted by molar-refractivity contribution is -0.140. The standard InChI is InChI=1S/C31H27N3O5/c1-18-28(31(37)39-17-22-9-6-8-21(16-32)34-22)29(19-7-5-10-23(35)13-19)30-25(33-18)14-20(15-26(30)36)24-11-3-4-12-27(24)38-2/h3-13,20,29,33,35H,14-15,17H2,1-2H3. The van der Waals surface area contributed by atoms with E-state index in [4.69, 9.17) is 14.7 Å². The van der Waals surface area contributed by atoms with Gasteiger partial charge in [0.2, 0.25) is 0 Å². The largest absolute Gasteiger partial charge is 0.508 e. The Labute approximate surface area is 226 Å². The molecule has 39 heavy (non-hydrogen) atoms. The maximum absolute atomic E-state index is 13.8. The molecule has 2 unspecified atom stereocenters. The van der Waals surface area contributed by atoms with Gasteiger partial charge in [-0.05, 0) is 54.8 Å². The number of hydrogen-bond donors (Lipinski definition) is 2. The first-order chi connectivity index (χ1) is 18.9. The Kier molecular flexibility index (Phi) is 7.15. The van der Waals surface area contributed by atoms with Crippen LogP contribution in [0.1, 0.15) is 54.1 Å². The number of phenols is 1. The van der Waals surface area contributed by atoms with Crippen molar-refractivity contribution in [2.75, 3.05) is 7.11 Å². The maximum Gasteiger partial charge on any atom is 0.337 e. The summed E-state index contributed by atoms with van der Waals surface area (Å²) >= 11 is 0. The van der Waals surface area contributed by atoms with Gasteiger partial charge in [-0.2, -0.15) is 5.26 Å². The molecule has 2 aromatic carbocycles. The van der Waals surface area contributed by atoms with Crippen LogP contribution in [-0.4, -0.2) is 29.0 Å². The van der Waals surface area contributed by atoms with Crippen LogP contribution in [0.5, 0.6) is 11.5 Å². The minimum atomic E-state index is -0.717. The molecule has 1 aliphatic heterocycles. The molecule has 8 heteroatoms. The number of nitriles is 1. The fourth-order valence-electron chi connectivity index (χ4n) is 5.41. The summed E-state index contributed by atoms with van der Waals surface area (Å²) in [6, 6.07) is 21.2. The van der Waals surface area contributed by atoms with Crippen molar-refractivity contribution < 1.29 is 24.2 Å². The molecule has 0 saturated heterocycles. The van der Waals surface area contributed by atoms with E-state index in [0.717, 1.165) is 17.0 Å². The lowest BCUT2D eigenvalue weighted by atomic mass is 9.71. The summed E-state index contributed by atoms with van der Waals surface area (Å²) in [4.78, 5) is 31.5. The lowest BCUT2D eigenvalue weighted by Crippen LogP contribution is -2.36. The Morgan fingerprint density at radius 3 is 2.69 bits per heavy atom. The number of carbonyl (C=O) groups is 2. The Morgan fingerprint density at radius 1 is 1.13 bits per heavy atom. The Morgan fingerprint density at radius 2 is 1.92 bits per heavy atom. The number of pyridine rings is 1. The third-order valence-corrected chi connectivity index (χ3v) is 7.10. The second-order valence-electron chi connectivity index (χ2n) is 9.56. The van der Waals surface area contributed by atoms with Crippen molar-refractivity contribution in [3.63, 3.8) is 0 Å². The number of nitrogens with one attached hydrogen (secondary N) is 1. The van der Waals surface area contributed by atoms with Crippen LogP contribution in [0.15, 0.2) is 89.3 Å². The maximum atomic E-state index is 13.8. The predicted octanol–water partition coefficient (Wildman–Crippen LogP) is 4.77.